The third-order valence-electron chi connectivity index (χ3n) is 8.69. The van der Waals surface area contributed by atoms with Crippen LogP contribution in [-0.2, 0) is 4.79 Å². The van der Waals surface area contributed by atoms with Gasteiger partial charge in [0.1, 0.15) is 0 Å². The molecule has 3 aromatic carbocycles. The molecule has 2 unspecified atom stereocenters. The molecule has 3 heterocycles. The van der Waals surface area contributed by atoms with E-state index in [1.54, 1.807) is 22.8 Å². The van der Waals surface area contributed by atoms with Gasteiger partial charge in [0.05, 0.1) is 21.8 Å². The van der Waals surface area contributed by atoms with E-state index in [0.29, 0.717) is 59.2 Å². The predicted octanol–water partition coefficient (Wildman–Crippen LogP) is 6.33. The summed E-state index contributed by atoms with van der Waals surface area (Å²) >= 11 is 14.0. The van der Waals surface area contributed by atoms with Crippen molar-refractivity contribution in [1.29, 1.82) is 0 Å². The highest BCUT2D eigenvalue weighted by atomic mass is 35.5. The van der Waals surface area contributed by atoms with Crippen molar-refractivity contribution in [2.75, 3.05) is 37.6 Å². The monoisotopic (exact) mass is 635 g/mol. The molecule has 0 radical (unpaired) electrons. The molecule has 0 bridgehead atoms. The number of hydrogen-bond acceptors (Lipinski definition) is 6. The van der Waals surface area contributed by atoms with Crippen LogP contribution in [0.1, 0.15) is 31.2 Å². The number of carbonyl (C=O) groups excluding carboxylic acids is 1. The van der Waals surface area contributed by atoms with Gasteiger partial charge in [-0.3, -0.25) is 14.2 Å². The van der Waals surface area contributed by atoms with Crippen LogP contribution in [0, 0.1) is 12.3 Å². The number of aryl methyl sites for hydroxylation is 1. The molecule has 43 heavy (non-hydrogen) atoms. The molecule has 4 aromatic rings. The van der Waals surface area contributed by atoms with Gasteiger partial charge in [0.2, 0.25) is 5.91 Å². The Hall–Kier alpha value is -3.04. The van der Waals surface area contributed by atoms with Gasteiger partial charge in [0.15, 0.2) is 5.16 Å². The number of nitrogens with zero attached hydrogens (tertiary/aromatic N) is 4. The maximum absolute atomic E-state index is 14.2. The number of benzene rings is 3. The maximum Gasteiger partial charge on any atom is 0.266 e. The topological polar surface area (TPSA) is 84.5 Å². The average molecular weight is 637 g/mol. The zero-order valence-corrected chi connectivity index (χ0v) is 26.5. The molecule has 2 aliphatic rings. The Bertz CT molecular complexity index is 1730. The minimum atomic E-state index is -0.428. The highest BCUT2D eigenvalue weighted by molar-refractivity contribution is 8.00. The number of anilines is 1. The van der Waals surface area contributed by atoms with Crippen LogP contribution in [0.15, 0.2) is 76.7 Å². The van der Waals surface area contributed by atoms with Crippen molar-refractivity contribution in [3.8, 4) is 5.69 Å². The van der Waals surface area contributed by atoms with Crippen LogP contribution in [0.4, 0.5) is 5.69 Å². The molecule has 7 nitrogen and oxygen atoms in total. The first-order valence-corrected chi connectivity index (χ1v) is 16.3. The number of halogens is 2. The van der Waals surface area contributed by atoms with Crippen molar-refractivity contribution in [3.63, 3.8) is 0 Å². The Morgan fingerprint density at radius 1 is 1.00 bits per heavy atom. The third-order valence-corrected chi connectivity index (χ3v) is 10.4. The number of fused-ring (bicyclic) bond motifs is 1. The van der Waals surface area contributed by atoms with Crippen LogP contribution in [0.5, 0.6) is 0 Å². The van der Waals surface area contributed by atoms with Gasteiger partial charge in [-0.25, -0.2) is 4.98 Å². The fraction of sp³-hybridized carbons (Fsp3) is 0.364. The van der Waals surface area contributed by atoms with Crippen molar-refractivity contribution in [3.05, 3.63) is 92.7 Å². The molecular formula is C33H35Cl2N5O2S. The summed E-state index contributed by atoms with van der Waals surface area (Å²) in [6, 6.07) is 20.8. The summed E-state index contributed by atoms with van der Waals surface area (Å²) in [6.45, 7) is 5.70. The summed E-state index contributed by atoms with van der Waals surface area (Å²) in [6.07, 6.45) is 3.28. The Balaban J connectivity index is 1.30. The first-order chi connectivity index (χ1) is 20.8. The first kappa shape index (κ1) is 30.0. The molecule has 10 heteroatoms. The van der Waals surface area contributed by atoms with Crippen molar-refractivity contribution < 1.29 is 4.79 Å². The van der Waals surface area contributed by atoms with Gasteiger partial charge in [0, 0.05) is 47.3 Å². The lowest BCUT2D eigenvalue weighted by Crippen LogP contribution is -2.39. The summed E-state index contributed by atoms with van der Waals surface area (Å²) in [5, 5.41) is 1.83. The summed E-state index contributed by atoms with van der Waals surface area (Å²) in [4.78, 5) is 37.5. The van der Waals surface area contributed by atoms with Gasteiger partial charge in [-0.05, 0) is 87.2 Å². The molecule has 1 aromatic heterocycles. The van der Waals surface area contributed by atoms with Crippen molar-refractivity contribution >= 4 is 57.5 Å². The summed E-state index contributed by atoms with van der Waals surface area (Å²) in [5.41, 5.74) is 9.09. The van der Waals surface area contributed by atoms with Gasteiger partial charge in [0.25, 0.3) is 5.56 Å². The van der Waals surface area contributed by atoms with E-state index in [1.165, 1.54) is 11.8 Å². The van der Waals surface area contributed by atoms with Crippen molar-refractivity contribution in [1.82, 2.24) is 14.5 Å². The highest BCUT2D eigenvalue weighted by Crippen LogP contribution is 2.42. The number of nitrogens with two attached hydrogens (primary N) is 1. The normalized spacial score (nSPS) is 19.1. The van der Waals surface area contributed by atoms with E-state index in [2.05, 4.69) is 11.0 Å². The quantitative estimate of drug-likeness (QED) is 0.180. The second-order valence-electron chi connectivity index (χ2n) is 11.7. The SMILES string of the molecule is Cc1cccc2c(=O)n(-c3cccc(Cl)c3)c(SC(CCCN)C(=O)N3CCC4(CCN(c5cccc(Cl)c5)C4)C3)nc12. The van der Waals surface area contributed by atoms with Crippen LogP contribution < -0.4 is 16.2 Å². The molecule has 2 aliphatic heterocycles. The minimum absolute atomic E-state index is 0.0578. The zero-order valence-electron chi connectivity index (χ0n) is 24.1. The fourth-order valence-corrected chi connectivity index (χ4v) is 8.00. The second kappa shape index (κ2) is 12.5. The molecule has 2 atom stereocenters. The lowest BCUT2D eigenvalue weighted by atomic mass is 9.86. The fourth-order valence-electron chi connectivity index (χ4n) is 6.41. The van der Waals surface area contributed by atoms with Crippen LogP contribution in [0.2, 0.25) is 10.0 Å². The van der Waals surface area contributed by atoms with Crippen LogP contribution in [-0.4, -0.2) is 58.3 Å². The highest BCUT2D eigenvalue weighted by Gasteiger charge is 2.46. The first-order valence-electron chi connectivity index (χ1n) is 14.7. The molecule has 0 saturated carbocycles. The number of hydrogen-bond donors (Lipinski definition) is 1. The Morgan fingerprint density at radius 2 is 1.70 bits per heavy atom. The number of aromatic nitrogens is 2. The number of thioether (sulfide) groups is 1. The predicted molar refractivity (Wildman–Crippen MR) is 177 cm³/mol. The van der Waals surface area contributed by atoms with E-state index in [0.717, 1.165) is 42.2 Å². The van der Waals surface area contributed by atoms with Gasteiger partial charge in [-0.15, -0.1) is 0 Å². The standard InChI is InChI=1S/C33H35Cl2N5O2S/c1-22-6-2-11-27-29(22)37-32(40(30(27)41)26-10-4-8-24(35)19-26)43-28(12-5-15-36)31(42)39-17-14-33(21-39)13-16-38(20-33)25-9-3-7-23(34)18-25/h2-4,6-11,18-19,28H,5,12-17,20-21,36H2,1H3. The molecule has 2 N–H and O–H groups in total. The Kier molecular flexibility index (Phi) is 8.74. The van der Waals surface area contributed by atoms with Gasteiger partial charge < -0.3 is 15.5 Å². The zero-order chi connectivity index (χ0) is 30.1. The van der Waals surface area contributed by atoms with E-state index in [-0.39, 0.29) is 16.9 Å². The van der Waals surface area contributed by atoms with Gasteiger partial charge in [-0.1, -0.05) is 59.2 Å². The summed E-state index contributed by atoms with van der Waals surface area (Å²) in [5.74, 6) is 0.0771. The van der Waals surface area contributed by atoms with Crippen molar-refractivity contribution in [2.24, 2.45) is 11.1 Å². The number of rotatable bonds is 8. The molecule has 224 valence electrons. The van der Waals surface area contributed by atoms with Crippen molar-refractivity contribution in [2.45, 2.75) is 43.0 Å². The van der Waals surface area contributed by atoms with Gasteiger partial charge in [-0.2, -0.15) is 0 Å². The molecule has 0 aliphatic carbocycles. The lowest BCUT2D eigenvalue weighted by molar-refractivity contribution is -0.130. The van der Waals surface area contributed by atoms with Crippen LogP contribution in [0.25, 0.3) is 16.6 Å². The molecule has 6 rings (SSSR count). The van der Waals surface area contributed by atoms with Gasteiger partial charge >= 0.3 is 0 Å². The lowest BCUT2D eigenvalue weighted by Gasteiger charge is -2.27. The Labute approximate surface area is 266 Å². The number of carbonyl (C=O) groups is 1. The number of para-hydroxylation sites is 1. The van der Waals surface area contributed by atoms with E-state index >= 15 is 0 Å². The van der Waals surface area contributed by atoms with E-state index < -0.39 is 5.25 Å². The molecule has 2 fully saturated rings. The van der Waals surface area contributed by atoms with Crippen LogP contribution in [0.3, 0.4) is 0 Å². The molecule has 2 saturated heterocycles. The molecule has 1 amide bonds. The second-order valence-corrected chi connectivity index (χ2v) is 13.7. The van der Waals surface area contributed by atoms with E-state index in [1.807, 2.05) is 54.3 Å². The summed E-state index contributed by atoms with van der Waals surface area (Å²) < 4.78 is 1.59. The molecule has 1 spiro atoms. The summed E-state index contributed by atoms with van der Waals surface area (Å²) in [7, 11) is 0. The minimum Gasteiger partial charge on any atom is -0.371 e. The third kappa shape index (κ3) is 6.16. The largest absolute Gasteiger partial charge is 0.371 e. The smallest absolute Gasteiger partial charge is 0.266 e. The Morgan fingerprint density at radius 3 is 2.44 bits per heavy atom. The number of amides is 1. The average Bonchev–Trinajstić information content (AvgIpc) is 3.62. The number of likely N-dealkylation sites (tertiary alicyclic amines) is 1. The van der Waals surface area contributed by atoms with Crippen LogP contribution >= 0.6 is 35.0 Å². The molecular weight excluding hydrogens is 601 g/mol. The van der Waals surface area contributed by atoms with E-state index in [9.17, 15) is 9.59 Å². The van der Waals surface area contributed by atoms with E-state index in [4.69, 9.17) is 33.9 Å². The maximum atomic E-state index is 14.2.